The summed E-state index contributed by atoms with van der Waals surface area (Å²) in [6.07, 6.45) is 64.5. The van der Waals surface area contributed by atoms with Gasteiger partial charge >= 0.3 is 0 Å². The lowest BCUT2D eigenvalue weighted by molar-refractivity contribution is -0.126. The maximum absolute atomic E-state index is 3.36. The summed E-state index contributed by atoms with van der Waals surface area (Å²) in [5, 5.41) is 0. The van der Waals surface area contributed by atoms with Gasteiger partial charge in [0.2, 0.25) is 0 Å². The molecule has 0 aromatic rings. The molecule has 0 heteroatoms. The highest BCUT2D eigenvalue weighted by Crippen LogP contribution is 2.66. The van der Waals surface area contributed by atoms with Crippen molar-refractivity contribution in [3.05, 3.63) is 12.7 Å². The molecule has 11 aliphatic carbocycles. The Morgan fingerprint density at radius 1 is 0.231 bits per heavy atom. The minimum Gasteiger partial charge on any atom is -0.103 e. The van der Waals surface area contributed by atoms with Crippen LogP contribution in [0.15, 0.2) is 12.7 Å². The fraction of sp³-hybridized carbons (Fsp3) is 0.969. The van der Waals surface area contributed by atoms with Crippen molar-refractivity contribution < 1.29 is 0 Å². The summed E-state index contributed by atoms with van der Waals surface area (Å²) in [6.45, 7) is 9.25. The first-order chi connectivity index (χ1) is 31.7. The first-order valence-corrected chi connectivity index (χ1v) is 31.3. The fourth-order valence-corrected chi connectivity index (χ4v) is 22.3. The zero-order chi connectivity index (χ0) is 43.8. The van der Waals surface area contributed by atoms with Gasteiger partial charge in [-0.25, -0.2) is 0 Å². The first kappa shape index (κ1) is 51.1. The van der Waals surface area contributed by atoms with Crippen LogP contribution in [0, 0.1) is 118 Å². The Labute approximate surface area is 407 Å². The molecule has 0 bridgehead atoms. The average Bonchev–Trinajstić information content (AvgIpc) is 3.62. The highest BCUT2D eigenvalue weighted by Gasteiger charge is 2.59. The third-order valence-corrected chi connectivity index (χ3v) is 23.9. The molecule has 65 heavy (non-hydrogen) atoms. The highest BCUT2D eigenvalue weighted by molar-refractivity contribution is 5.07. The molecular weight excluding hydrogens is 781 g/mol. The Morgan fingerprint density at radius 2 is 0.415 bits per heavy atom. The Hall–Kier alpha value is -0.260. The molecule has 11 fully saturated rings. The van der Waals surface area contributed by atoms with E-state index in [1.807, 2.05) is 20.8 Å². The zero-order valence-corrected chi connectivity index (χ0v) is 43.4. The van der Waals surface area contributed by atoms with Gasteiger partial charge in [-0.15, -0.1) is 6.58 Å². The normalized spacial score (nSPS) is 46.3. The second-order valence-electron chi connectivity index (χ2n) is 26.2. The van der Waals surface area contributed by atoms with Crippen LogP contribution in [-0.2, 0) is 0 Å². The lowest BCUT2D eigenvalue weighted by Crippen LogP contribution is -2.55. The molecular formula is C65H114. The van der Waals surface area contributed by atoms with Gasteiger partial charge in [0.15, 0.2) is 0 Å². The predicted molar refractivity (Wildman–Crippen MR) is 284 cm³/mol. The standard InChI is InChI=1S/C59H98.C3H6.C2H6.CH4/c1-3-20-40(21-4-1)44-26-7-9-28-46(44)58-52-34-15-11-30-48(52)56(49-31-12-16-35-53(49)58)42-24-19-25-43(39-38-42)57-50-32-13-17-36-54(50)59(55-37-18-14-33-51(55)57)47-29-10-8-27-45(47)41-22-5-2-6-23-41;1-3-2;1-2;/h40-59H,1-39H2;3H,1H2,2H3;1-2H3;1H4/t42?,43?,44?,45?,46?,47?,48?,49?,50?,51?,52-,53?,54?,55?,56?,57?,58?,59?;;;/m1.../s1. The van der Waals surface area contributed by atoms with E-state index in [9.17, 15) is 0 Å². The van der Waals surface area contributed by atoms with Crippen molar-refractivity contribution in [2.24, 2.45) is 118 Å². The molecule has 0 aromatic carbocycles. The summed E-state index contributed by atoms with van der Waals surface area (Å²) in [6, 6.07) is 0. The Kier molecular flexibility index (Phi) is 19.8. The van der Waals surface area contributed by atoms with Crippen LogP contribution in [0.2, 0.25) is 0 Å². The van der Waals surface area contributed by atoms with Crippen LogP contribution >= 0.6 is 0 Å². The summed E-state index contributed by atoms with van der Waals surface area (Å²) in [4.78, 5) is 0. The average molecular weight is 896 g/mol. The van der Waals surface area contributed by atoms with Crippen molar-refractivity contribution >= 4 is 0 Å². The van der Waals surface area contributed by atoms with Gasteiger partial charge in [-0.1, -0.05) is 188 Å². The number of allylic oxidation sites excluding steroid dienone is 1. The number of rotatable bonds is 6. The van der Waals surface area contributed by atoms with Crippen LogP contribution in [0.4, 0.5) is 0 Å². The van der Waals surface area contributed by atoms with Crippen molar-refractivity contribution in [3.63, 3.8) is 0 Å². The molecule has 0 aromatic heterocycles. The van der Waals surface area contributed by atoms with Gasteiger partial charge in [-0.3, -0.25) is 0 Å². The van der Waals surface area contributed by atoms with Gasteiger partial charge in [-0.2, -0.15) is 0 Å². The molecule has 0 aliphatic heterocycles. The zero-order valence-electron chi connectivity index (χ0n) is 43.4. The molecule has 0 nitrogen and oxygen atoms in total. The Balaban J connectivity index is 0.000000924. The maximum atomic E-state index is 3.36. The molecule has 11 aliphatic rings. The molecule has 11 saturated carbocycles. The van der Waals surface area contributed by atoms with E-state index in [-0.39, 0.29) is 7.43 Å². The van der Waals surface area contributed by atoms with E-state index in [1.54, 1.807) is 256 Å². The van der Waals surface area contributed by atoms with Crippen LogP contribution in [-0.4, -0.2) is 0 Å². The Morgan fingerprint density at radius 3 is 0.677 bits per heavy atom. The van der Waals surface area contributed by atoms with Gasteiger partial charge < -0.3 is 0 Å². The van der Waals surface area contributed by atoms with Crippen LogP contribution in [0.5, 0.6) is 0 Å². The smallest absolute Gasteiger partial charge is 0.0321 e. The van der Waals surface area contributed by atoms with E-state index >= 15 is 0 Å². The van der Waals surface area contributed by atoms with Crippen molar-refractivity contribution in [1.82, 2.24) is 0 Å². The minimum atomic E-state index is 0. The van der Waals surface area contributed by atoms with Crippen molar-refractivity contribution in [3.8, 4) is 0 Å². The van der Waals surface area contributed by atoms with Gasteiger partial charge in [0, 0.05) is 0 Å². The molecule has 16 atom stereocenters. The van der Waals surface area contributed by atoms with E-state index in [1.165, 1.54) is 0 Å². The minimum absolute atomic E-state index is 0. The number of hydrogen-bond donors (Lipinski definition) is 0. The molecule has 11 rings (SSSR count). The molecule has 0 N–H and O–H groups in total. The Bertz CT molecular complexity index is 1200. The van der Waals surface area contributed by atoms with Gasteiger partial charge in [0.25, 0.3) is 0 Å². The largest absolute Gasteiger partial charge is 0.103 e. The van der Waals surface area contributed by atoms with Gasteiger partial charge in [-0.05, 0) is 215 Å². The fourth-order valence-electron chi connectivity index (χ4n) is 22.3. The molecule has 0 heterocycles. The third-order valence-electron chi connectivity index (χ3n) is 23.9. The first-order valence-electron chi connectivity index (χ1n) is 31.3. The summed E-state index contributed by atoms with van der Waals surface area (Å²) < 4.78 is 0. The van der Waals surface area contributed by atoms with E-state index < -0.39 is 0 Å². The molecule has 0 amide bonds. The van der Waals surface area contributed by atoms with E-state index in [0.717, 1.165) is 118 Å². The predicted octanol–water partition coefficient (Wildman–Crippen LogP) is 20.5. The SMILES string of the molecule is C.C1CCC(C2CCCCC2C2C3CCCCC3C(C3CCCC(C4C5CCCCC5C(C5CCCCC5C5CCCCC5)[C@@H]5CCCCC45)CC3)C3CCCCC32)CC1.C=CC.CC. The summed E-state index contributed by atoms with van der Waals surface area (Å²) >= 11 is 0. The van der Waals surface area contributed by atoms with Crippen molar-refractivity contribution in [1.29, 1.82) is 0 Å². The van der Waals surface area contributed by atoms with Crippen LogP contribution in [0.1, 0.15) is 279 Å². The topological polar surface area (TPSA) is 0 Å². The van der Waals surface area contributed by atoms with Crippen molar-refractivity contribution in [2.45, 2.75) is 279 Å². The quantitative estimate of drug-likeness (QED) is 0.184. The highest BCUT2D eigenvalue weighted by atomic mass is 14.6. The van der Waals surface area contributed by atoms with E-state index in [0.29, 0.717) is 0 Å². The lowest BCUT2D eigenvalue weighted by Gasteiger charge is -2.61. The number of fused-ring (bicyclic) bond motifs is 4. The molecule has 0 spiro atoms. The van der Waals surface area contributed by atoms with Crippen molar-refractivity contribution in [2.75, 3.05) is 0 Å². The number of hydrogen-bond acceptors (Lipinski definition) is 0. The monoisotopic (exact) mass is 895 g/mol. The third kappa shape index (κ3) is 11.0. The summed E-state index contributed by atoms with van der Waals surface area (Å²) in [5.41, 5.74) is 0. The van der Waals surface area contributed by atoms with E-state index in [2.05, 4.69) is 6.58 Å². The van der Waals surface area contributed by atoms with Gasteiger partial charge in [0.05, 0.1) is 0 Å². The molecule has 0 saturated heterocycles. The van der Waals surface area contributed by atoms with Crippen LogP contribution in [0.3, 0.4) is 0 Å². The lowest BCUT2D eigenvalue weighted by atomic mass is 9.44. The summed E-state index contributed by atoms with van der Waals surface area (Å²) in [7, 11) is 0. The van der Waals surface area contributed by atoms with E-state index in [4.69, 9.17) is 0 Å². The second kappa shape index (κ2) is 25.2. The molecule has 0 radical (unpaired) electrons. The van der Waals surface area contributed by atoms with Gasteiger partial charge in [0.1, 0.15) is 0 Å². The van der Waals surface area contributed by atoms with Crippen LogP contribution in [0.25, 0.3) is 0 Å². The molecule has 374 valence electrons. The second-order valence-corrected chi connectivity index (χ2v) is 26.2. The molecule has 15 unspecified atom stereocenters. The van der Waals surface area contributed by atoms with Crippen LogP contribution < -0.4 is 0 Å². The summed E-state index contributed by atoms with van der Waals surface area (Å²) in [5.74, 6) is 22.4. The maximum Gasteiger partial charge on any atom is -0.0321 e.